The summed E-state index contributed by atoms with van der Waals surface area (Å²) in [7, 11) is 0. The first kappa shape index (κ1) is 7.37. The van der Waals surface area contributed by atoms with Crippen LogP contribution in [0.25, 0.3) is 0 Å². The second-order valence-corrected chi connectivity index (χ2v) is 5.16. The maximum Gasteiger partial charge on any atom is 0.0492 e. The summed E-state index contributed by atoms with van der Waals surface area (Å²) in [6.07, 6.45) is 8.47. The molecule has 4 atom stereocenters. The third-order valence-corrected chi connectivity index (χ3v) is 5.05. The molecular weight excluding hydrogens is 148 g/mol. The van der Waals surface area contributed by atoms with Crippen LogP contribution < -0.4 is 0 Å². The van der Waals surface area contributed by atoms with Crippen molar-refractivity contribution in [1.29, 1.82) is 0 Å². The second-order valence-electron chi connectivity index (χ2n) is 5.16. The minimum absolute atomic E-state index is 0.420. The van der Waals surface area contributed by atoms with E-state index in [9.17, 15) is 5.11 Å². The van der Waals surface area contributed by atoms with Crippen molar-refractivity contribution in [1.82, 2.24) is 0 Å². The molecule has 0 spiro atoms. The Bertz CT molecular complexity index is 201. The summed E-state index contributed by atoms with van der Waals surface area (Å²) in [5.41, 5.74) is 0.420. The first-order chi connectivity index (χ1) is 5.87. The van der Waals surface area contributed by atoms with Crippen LogP contribution in [0, 0.1) is 23.2 Å². The van der Waals surface area contributed by atoms with Gasteiger partial charge in [-0.3, -0.25) is 0 Å². The minimum atomic E-state index is 0.420. The number of rotatable bonds is 1. The fraction of sp³-hybridized carbons (Fsp3) is 1.00. The van der Waals surface area contributed by atoms with E-state index in [0.717, 1.165) is 17.8 Å². The Morgan fingerprint density at radius 3 is 2.92 bits per heavy atom. The summed E-state index contributed by atoms with van der Waals surface area (Å²) in [6.45, 7) is 0.485. The average molecular weight is 166 g/mol. The maximum atomic E-state index is 9.55. The van der Waals surface area contributed by atoms with Gasteiger partial charge in [-0.15, -0.1) is 0 Å². The molecule has 0 saturated heterocycles. The highest BCUT2D eigenvalue weighted by molar-refractivity contribution is 5.08. The van der Waals surface area contributed by atoms with E-state index in [1.165, 1.54) is 38.5 Å². The van der Waals surface area contributed by atoms with Gasteiger partial charge in [-0.05, 0) is 55.3 Å². The Morgan fingerprint density at radius 2 is 2.17 bits per heavy atom. The van der Waals surface area contributed by atoms with Crippen LogP contribution in [-0.2, 0) is 0 Å². The standard InChI is InChI=1S/C11H18O/c12-7-11-5-1-2-10(11)8-3-4-9(11)6-8/h8-10,12H,1-7H2/t8-,9+,10-,11+/m1/s1. The van der Waals surface area contributed by atoms with Gasteiger partial charge in [0.05, 0.1) is 0 Å². The van der Waals surface area contributed by atoms with Crippen molar-refractivity contribution < 1.29 is 5.11 Å². The van der Waals surface area contributed by atoms with Crippen LogP contribution >= 0.6 is 0 Å². The zero-order valence-corrected chi connectivity index (χ0v) is 7.63. The third-order valence-electron chi connectivity index (χ3n) is 5.05. The van der Waals surface area contributed by atoms with Crippen molar-refractivity contribution in [2.45, 2.75) is 38.5 Å². The van der Waals surface area contributed by atoms with E-state index < -0.39 is 0 Å². The Hall–Kier alpha value is -0.0400. The van der Waals surface area contributed by atoms with Crippen LogP contribution in [-0.4, -0.2) is 11.7 Å². The summed E-state index contributed by atoms with van der Waals surface area (Å²) in [6, 6.07) is 0. The monoisotopic (exact) mass is 166 g/mol. The summed E-state index contributed by atoms with van der Waals surface area (Å²) < 4.78 is 0. The molecule has 3 rings (SSSR count). The van der Waals surface area contributed by atoms with Crippen LogP contribution in [0.5, 0.6) is 0 Å². The highest BCUT2D eigenvalue weighted by Crippen LogP contribution is 2.65. The van der Waals surface area contributed by atoms with Gasteiger partial charge in [0.2, 0.25) is 0 Å². The molecule has 0 aromatic rings. The first-order valence-electron chi connectivity index (χ1n) is 5.48. The summed E-state index contributed by atoms with van der Waals surface area (Å²) in [5.74, 6) is 2.82. The number of hydrogen-bond donors (Lipinski definition) is 1. The summed E-state index contributed by atoms with van der Waals surface area (Å²) >= 11 is 0. The van der Waals surface area contributed by atoms with Crippen molar-refractivity contribution in [3.63, 3.8) is 0 Å². The lowest BCUT2D eigenvalue weighted by Crippen LogP contribution is -2.35. The predicted octanol–water partition coefficient (Wildman–Crippen LogP) is 2.20. The molecule has 1 nitrogen and oxygen atoms in total. The van der Waals surface area contributed by atoms with Gasteiger partial charge >= 0.3 is 0 Å². The van der Waals surface area contributed by atoms with Gasteiger partial charge in [-0.1, -0.05) is 6.42 Å². The van der Waals surface area contributed by atoms with Gasteiger partial charge in [0.15, 0.2) is 0 Å². The molecule has 3 aliphatic rings. The number of fused-ring (bicyclic) bond motifs is 5. The Labute approximate surface area is 74.2 Å². The lowest BCUT2D eigenvalue weighted by molar-refractivity contribution is 0.0342. The SMILES string of the molecule is OC[C@]12CCC[C@@H]1[C@@H]1CC[C@H]2C1. The topological polar surface area (TPSA) is 20.2 Å². The van der Waals surface area contributed by atoms with Gasteiger partial charge in [0, 0.05) is 6.61 Å². The van der Waals surface area contributed by atoms with Gasteiger partial charge in [-0.2, -0.15) is 0 Å². The van der Waals surface area contributed by atoms with Crippen LogP contribution in [0.4, 0.5) is 0 Å². The molecule has 12 heavy (non-hydrogen) atoms. The molecule has 0 unspecified atom stereocenters. The van der Waals surface area contributed by atoms with Crippen LogP contribution in [0.15, 0.2) is 0 Å². The fourth-order valence-corrected chi connectivity index (χ4v) is 4.57. The molecule has 0 heterocycles. The van der Waals surface area contributed by atoms with E-state index in [1.54, 1.807) is 0 Å². The van der Waals surface area contributed by atoms with Crippen molar-refractivity contribution in [2.24, 2.45) is 23.2 Å². The Morgan fingerprint density at radius 1 is 1.25 bits per heavy atom. The lowest BCUT2D eigenvalue weighted by atomic mass is 9.68. The lowest BCUT2D eigenvalue weighted by Gasteiger charge is -2.37. The van der Waals surface area contributed by atoms with E-state index in [0.29, 0.717) is 12.0 Å². The molecule has 2 bridgehead atoms. The van der Waals surface area contributed by atoms with E-state index in [4.69, 9.17) is 0 Å². The van der Waals surface area contributed by atoms with Crippen LogP contribution in [0.3, 0.4) is 0 Å². The maximum absolute atomic E-state index is 9.55. The minimum Gasteiger partial charge on any atom is -0.396 e. The zero-order chi connectivity index (χ0) is 8.18. The molecular formula is C11H18O. The number of hydrogen-bond acceptors (Lipinski definition) is 1. The number of aliphatic hydroxyl groups excluding tert-OH is 1. The highest BCUT2D eigenvalue weighted by Gasteiger charge is 2.59. The molecule has 3 aliphatic carbocycles. The molecule has 1 heteroatoms. The van der Waals surface area contributed by atoms with Gasteiger partial charge in [-0.25, -0.2) is 0 Å². The van der Waals surface area contributed by atoms with Crippen molar-refractivity contribution in [2.75, 3.05) is 6.61 Å². The van der Waals surface area contributed by atoms with Crippen LogP contribution in [0.2, 0.25) is 0 Å². The van der Waals surface area contributed by atoms with Gasteiger partial charge in [0.1, 0.15) is 0 Å². The fourth-order valence-electron chi connectivity index (χ4n) is 4.57. The molecule has 68 valence electrons. The zero-order valence-electron chi connectivity index (χ0n) is 7.63. The van der Waals surface area contributed by atoms with Crippen LogP contribution in [0.1, 0.15) is 38.5 Å². The third kappa shape index (κ3) is 0.654. The largest absolute Gasteiger partial charge is 0.396 e. The smallest absolute Gasteiger partial charge is 0.0492 e. The predicted molar refractivity (Wildman–Crippen MR) is 47.7 cm³/mol. The summed E-state index contributed by atoms with van der Waals surface area (Å²) in [4.78, 5) is 0. The Balaban J connectivity index is 1.98. The number of aliphatic hydroxyl groups is 1. The van der Waals surface area contributed by atoms with E-state index in [2.05, 4.69) is 0 Å². The van der Waals surface area contributed by atoms with Crippen molar-refractivity contribution >= 4 is 0 Å². The van der Waals surface area contributed by atoms with E-state index in [-0.39, 0.29) is 0 Å². The summed E-state index contributed by atoms with van der Waals surface area (Å²) in [5, 5.41) is 9.55. The van der Waals surface area contributed by atoms with Gasteiger partial charge < -0.3 is 5.11 Å². The van der Waals surface area contributed by atoms with Crippen molar-refractivity contribution in [3.05, 3.63) is 0 Å². The molecule has 0 aromatic heterocycles. The average Bonchev–Trinajstić information content (AvgIpc) is 2.76. The van der Waals surface area contributed by atoms with Crippen molar-refractivity contribution in [3.8, 4) is 0 Å². The molecule has 0 amide bonds. The first-order valence-corrected chi connectivity index (χ1v) is 5.48. The van der Waals surface area contributed by atoms with Gasteiger partial charge in [0.25, 0.3) is 0 Å². The molecule has 3 saturated carbocycles. The van der Waals surface area contributed by atoms with E-state index in [1.807, 2.05) is 0 Å². The molecule has 3 fully saturated rings. The Kier molecular flexibility index (Phi) is 1.39. The quantitative estimate of drug-likeness (QED) is 0.633. The normalized spacial score (nSPS) is 56.2. The highest BCUT2D eigenvalue weighted by atomic mass is 16.3. The molecule has 0 aromatic carbocycles. The molecule has 0 aliphatic heterocycles. The van der Waals surface area contributed by atoms with E-state index >= 15 is 0 Å². The second kappa shape index (κ2) is 2.25. The molecule has 0 radical (unpaired) electrons. The molecule has 1 N–H and O–H groups in total.